The Hall–Kier alpha value is -2.69. The molecule has 0 radical (unpaired) electrons. The molecule has 3 atom stereocenters. The molecule has 2 aromatic carbocycles. The highest BCUT2D eigenvalue weighted by Gasteiger charge is 2.50. The van der Waals surface area contributed by atoms with Crippen molar-refractivity contribution >= 4 is 41.2 Å². The molecular weight excluding hydrogens is 443 g/mol. The number of aromatic nitrogens is 1. The van der Waals surface area contributed by atoms with Gasteiger partial charge in [-0.1, -0.05) is 60.5 Å². The van der Waals surface area contributed by atoms with Crippen molar-refractivity contribution in [3.05, 3.63) is 93.6 Å². The van der Waals surface area contributed by atoms with Gasteiger partial charge in [0.05, 0.1) is 11.5 Å². The number of amides is 1. The van der Waals surface area contributed by atoms with Crippen LogP contribution in [0, 0.1) is 12.3 Å². The van der Waals surface area contributed by atoms with Crippen LogP contribution >= 0.6 is 23.2 Å². The molecule has 0 N–H and O–H groups in total. The number of hydrogen-bond acceptors (Lipinski definition) is 3. The number of carbonyl (C=O) groups is 2. The fraction of sp³-hybridized carbons (Fsp3) is 0.269. The molecule has 1 amide bonds. The quantitative estimate of drug-likeness (QED) is 0.400. The summed E-state index contributed by atoms with van der Waals surface area (Å²) < 4.78 is 0. The molecule has 4 rings (SSSR count). The van der Waals surface area contributed by atoms with Gasteiger partial charge in [-0.05, 0) is 60.4 Å². The molecule has 1 fully saturated rings. The van der Waals surface area contributed by atoms with Gasteiger partial charge in [-0.3, -0.25) is 9.69 Å². The second-order valence-corrected chi connectivity index (χ2v) is 9.49. The number of halogens is 2. The molecule has 164 valence electrons. The molecule has 0 spiro atoms. The second kappa shape index (κ2) is 9.05. The highest BCUT2D eigenvalue weighted by atomic mass is 35.5. The molecule has 2 heterocycles. The second-order valence-electron chi connectivity index (χ2n) is 8.61. The summed E-state index contributed by atoms with van der Waals surface area (Å²) in [5.74, 6) is 0.393. The van der Waals surface area contributed by atoms with Gasteiger partial charge in [0.1, 0.15) is 12.1 Å². The summed E-state index contributed by atoms with van der Waals surface area (Å²) in [6, 6.07) is 18.7. The molecule has 32 heavy (non-hydrogen) atoms. The lowest BCUT2D eigenvalue weighted by Crippen LogP contribution is -2.52. The van der Waals surface area contributed by atoms with Crippen LogP contribution < -0.4 is 4.90 Å². The molecule has 6 heteroatoms. The molecule has 0 saturated carbocycles. The number of piperidine rings is 1. The lowest BCUT2D eigenvalue weighted by atomic mass is 9.67. The van der Waals surface area contributed by atoms with E-state index in [0.29, 0.717) is 22.3 Å². The van der Waals surface area contributed by atoms with Crippen LogP contribution in [0.15, 0.2) is 66.9 Å². The van der Waals surface area contributed by atoms with Crippen molar-refractivity contribution in [2.24, 2.45) is 5.41 Å². The highest BCUT2D eigenvalue weighted by molar-refractivity contribution is 6.30. The fourth-order valence-corrected chi connectivity index (χ4v) is 5.00. The van der Waals surface area contributed by atoms with Crippen molar-refractivity contribution in [2.45, 2.75) is 38.6 Å². The van der Waals surface area contributed by atoms with Gasteiger partial charge in [0.25, 0.3) is 0 Å². The van der Waals surface area contributed by atoms with Crippen molar-refractivity contribution in [3.63, 3.8) is 0 Å². The van der Waals surface area contributed by atoms with E-state index in [1.54, 1.807) is 11.1 Å². The van der Waals surface area contributed by atoms with E-state index in [2.05, 4.69) is 4.98 Å². The summed E-state index contributed by atoms with van der Waals surface area (Å²) in [6.45, 7) is 3.80. The highest BCUT2D eigenvalue weighted by Crippen LogP contribution is 2.52. The van der Waals surface area contributed by atoms with Crippen LogP contribution in [0.4, 0.5) is 5.82 Å². The summed E-state index contributed by atoms with van der Waals surface area (Å²) in [5.41, 5.74) is 1.99. The maximum atomic E-state index is 14.0. The van der Waals surface area contributed by atoms with Gasteiger partial charge in [0, 0.05) is 28.6 Å². The van der Waals surface area contributed by atoms with Crippen molar-refractivity contribution in [2.75, 3.05) is 4.90 Å². The molecule has 0 bridgehead atoms. The zero-order valence-electron chi connectivity index (χ0n) is 18.0. The third-order valence-corrected chi connectivity index (χ3v) is 6.78. The maximum absolute atomic E-state index is 14.0. The van der Waals surface area contributed by atoms with Gasteiger partial charge in [0.2, 0.25) is 5.91 Å². The van der Waals surface area contributed by atoms with E-state index in [1.807, 2.05) is 74.5 Å². The van der Waals surface area contributed by atoms with E-state index in [1.165, 1.54) is 0 Å². The van der Waals surface area contributed by atoms with Crippen LogP contribution in [0.1, 0.15) is 48.4 Å². The lowest BCUT2D eigenvalue weighted by Gasteiger charge is -2.48. The van der Waals surface area contributed by atoms with Gasteiger partial charge in [-0.25, -0.2) is 4.98 Å². The zero-order chi connectivity index (χ0) is 22.9. The summed E-state index contributed by atoms with van der Waals surface area (Å²) in [7, 11) is 0. The maximum Gasteiger partial charge on any atom is 0.235 e. The molecule has 1 unspecified atom stereocenters. The predicted molar refractivity (Wildman–Crippen MR) is 128 cm³/mol. The average molecular weight is 467 g/mol. The van der Waals surface area contributed by atoms with E-state index >= 15 is 0 Å². The van der Waals surface area contributed by atoms with Crippen LogP contribution in [0.25, 0.3) is 0 Å². The Labute approximate surface area is 198 Å². The molecule has 1 aliphatic rings. The normalized spacial score (nSPS) is 23.2. The first-order valence-electron chi connectivity index (χ1n) is 10.5. The van der Waals surface area contributed by atoms with Crippen molar-refractivity contribution in [1.29, 1.82) is 0 Å². The van der Waals surface area contributed by atoms with E-state index in [0.717, 1.165) is 23.0 Å². The smallest absolute Gasteiger partial charge is 0.235 e. The lowest BCUT2D eigenvalue weighted by molar-refractivity contribution is -0.133. The number of nitrogens with zero attached hydrogens (tertiary/aromatic N) is 2. The molecule has 4 nitrogen and oxygen atoms in total. The first kappa shape index (κ1) is 22.5. The standard InChI is InChI=1S/C26H24Cl2N2O2/c1-17-5-4-13-29-24(17)30-23(18-8-10-20(27)11-9-18)22(19-6-3-7-21(28)15-19)16-26(2,12-14-31)25(30)32/h3-11,13-15,22-23H,12,16H2,1-2H3/t22-,23?,26+/m1/s1. The van der Waals surface area contributed by atoms with Crippen LogP contribution in [0.5, 0.6) is 0 Å². The minimum absolute atomic E-state index is 0.0982. The van der Waals surface area contributed by atoms with Crippen LogP contribution in [-0.4, -0.2) is 17.2 Å². The topological polar surface area (TPSA) is 50.3 Å². The van der Waals surface area contributed by atoms with E-state index < -0.39 is 5.41 Å². The first-order chi connectivity index (χ1) is 15.3. The van der Waals surface area contributed by atoms with Crippen LogP contribution in [-0.2, 0) is 9.59 Å². The third kappa shape index (κ3) is 4.17. The van der Waals surface area contributed by atoms with Crippen molar-refractivity contribution in [1.82, 2.24) is 4.98 Å². The Balaban J connectivity index is 1.97. The van der Waals surface area contributed by atoms with Gasteiger partial charge in [-0.15, -0.1) is 0 Å². The van der Waals surface area contributed by atoms with Crippen molar-refractivity contribution in [3.8, 4) is 0 Å². The van der Waals surface area contributed by atoms with E-state index in [4.69, 9.17) is 23.2 Å². The summed E-state index contributed by atoms with van der Waals surface area (Å²) >= 11 is 12.5. The predicted octanol–water partition coefficient (Wildman–Crippen LogP) is 6.55. The van der Waals surface area contributed by atoms with Crippen molar-refractivity contribution < 1.29 is 9.59 Å². The van der Waals surface area contributed by atoms with Gasteiger partial charge < -0.3 is 4.79 Å². The number of pyridine rings is 1. The largest absolute Gasteiger partial charge is 0.303 e. The molecular formula is C26H24Cl2N2O2. The Bertz CT molecular complexity index is 1150. The Morgan fingerprint density at radius 3 is 2.47 bits per heavy atom. The SMILES string of the molecule is Cc1cccnc1N1C(=O)[C@@](C)(CC=O)C[C@H](c2cccc(Cl)c2)C1c1ccc(Cl)cc1. The fourth-order valence-electron chi connectivity index (χ4n) is 4.67. The first-order valence-corrected chi connectivity index (χ1v) is 11.3. The minimum Gasteiger partial charge on any atom is -0.303 e. The van der Waals surface area contributed by atoms with Gasteiger partial charge in [0.15, 0.2) is 0 Å². The molecule has 0 aliphatic carbocycles. The Kier molecular flexibility index (Phi) is 6.36. The summed E-state index contributed by atoms with van der Waals surface area (Å²) in [5, 5.41) is 1.26. The van der Waals surface area contributed by atoms with E-state index in [9.17, 15) is 9.59 Å². The number of anilines is 1. The number of benzene rings is 2. The van der Waals surface area contributed by atoms with E-state index in [-0.39, 0.29) is 24.3 Å². The Morgan fingerprint density at radius 2 is 1.81 bits per heavy atom. The number of aldehydes is 1. The monoisotopic (exact) mass is 466 g/mol. The number of hydrogen-bond donors (Lipinski definition) is 0. The van der Waals surface area contributed by atoms with Gasteiger partial charge >= 0.3 is 0 Å². The van der Waals surface area contributed by atoms with Gasteiger partial charge in [-0.2, -0.15) is 0 Å². The van der Waals surface area contributed by atoms with Crippen LogP contribution in [0.2, 0.25) is 10.0 Å². The van der Waals surface area contributed by atoms with Crippen LogP contribution in [0.3, 0.4) is 0 Å². The number of rotatable bonds is 5. The zero-order valence-corrected chi connectivity index (χ0v) is 19.5. The molecule has 3 aromatic rings. The average Bonchev–Trinajstić information content (AvgIpc) is 2.77. The molecule has 1 aromatic heterocycles. The summed E-state index contributed by atoms with van der Waals surface area (Å²) in [4.78, 5) is 31.9. The Morgan fingerprint density at radius 1 is 1.06 bits per heavy atom. The number of carbonyl (C=O) groups excluding carboxylic acids is 2. The third-order valence-electron chi connectivity index (χ3n) is 6.30. The number of aryl methyl sites for hydroxylation is 1. The summed E-state index contributed by atoms with van der Waals surface area (Å²) in [6.07, 6.45) is 3.17. The minimum atomic E-state index is -0.860. The molecule has 1 aliphatic heterocycles. The molecule has 1 saturated heterocycles.